The number of allylic oxidation sites excluding steroid dienone is 4. The van der Waals surface area contributed by atoms with Crippen molar-refractivity contribution >= 4 is 33.9 Å². The van der Waals surface area contributed by atoms with Crippen LogP contribution >= 0.6 is 0 Å². The summed E-state index contributed by atoms with van der Waals surface area (Å²) in [6, 6.07) is 49.3. The summed E-state index contributed by atoms with van der Waals surface area (Å²) in [4.78, 5) is 16.5. The maximum Gasteiger partial charge on any atom is 0.235 e. The molecule has 0 radical (unpaired) electrons. The highest BCUT2D eigenvalue weighted by atomic mass is 16.2. The lowest BCUT2D eigenvalue weighted by atomic mass is 9.61. The number of rotatable bonds is 3. The van der Waals surface area contributed by atoms with Crippen LogP contribution in [0.1, 0.15) is 39.3 Å². The summed E-state index contributed by atoms with van der Waals surface area (Å²) in [5.74, 6) is -0.231. The Balaban J connectivity index is 1.65. The number of para-hydroxylation sites is 1. The number of amides is 1. The number of hydrogen-bond donors (Lipinski definition) is 0. The molecule has 2 nitrogen and oxygen atoms in total. The first-order valence-electron chi connectivity index (χ1n) is 13.9. The number of hydrogen-bond acceptors (Lipinski definition) is 1. The monoisotopic (exact) mass is 513 g/mol. The number of carbonyl (C=O) groups excluding carboxylic acids is 1. The quantitative estimate of drug-likeness (QED) is 0.238. The molecule has 0 N–H and O–H groups in total. The molecule has 1 heterocycles. The molecule has 0 fully saturated rings. The topological polar surface area (TPSA) is 20.3 Å². The van der Waals surface area contributed by atoms with E-state index >= 15 is 0 Å². The summed E-state index contributed by atoms with van der Waals surface area (Å²) in [6.45, 7) is 0. The standard InChI is InChI=1S/C38H27NO/c1-39-31-24-14-13-23-30(31)38-34(27-19-9-4-10-20-27)32(25-15-5-2-6-16-25)33(26-17-7-3-8-18-26)35(38)28-21-11-12-22-29(28)36(38)37(39)40/h2-24,36H,1H3. The van der Waals surface area contributed by atoms with Gasteiger partial charge in [-0.25, -0.2) is 0 Å². The molecule has 0 saturated heterocycles. The van der Waals surface area contributed by atoms with E-state index in [1.807, 2.05) is 18.0 Å². The van der Waals surface area contributed by atoms with Gasteiger partial charge in [0.25, 0.3) is 0 Å². The van der Waals surface area contributed by atoms with E-state index in [1.165, 1.54) is 39.0 Å². The first kappa shape index (κ1) is 23.0. The van der Waals surface area contributed by atoms with Crippen molar-refractivity contribution in [2.45, 2.75) is 11.3 Å². The summed E-state index contributed by atoms with van der Waals surface area (Å²) < 4.78 is 0. The van der Waals surface area contributed by atoms with Crippen molar-refractivity contribution in [1.29, 1.82) is 0 Å². The van der Waals surface area contributed by atoms with Gasteiger partial charge < -0.3 is 4.90 Å². The van der Waals surface area contributed by atoms with Crippen LogP contribution in [0.15, 0.2) is 140 Å². The number of anilines is 1. The van der Waals surface area contributed by atoms with Gasteiger partial charge in [0.15, 0.2) is 0 Å². The van der Waals surface area contributed by atoms with Crippen LogP contribution in [0.2, 0.25) is 0 Å². The Morgan fingerprint density at radius 1 is 0.550 bits per heavy atom. The predicted octanol–water partition coefficient (Wildman–Crippen LogP) is 8.23. The molecule has 2 aliphatic carbocycles. The first-order valence-corrected chi connectivity index (χ1v) is 13.9. The molecular weight excluding hydrogens is 486 g/mol. The minimum atomic E-state index is -0.665. The lowest BCUT2D eigenvalue weighted by molar-refractivity contribution is -0.120. The second-order valence-corrected chi connectivity index (χ2v) is 10.8. The highest BCUT2D eigenvalue weighted by Gasteiger charge is 2.64. The van der Waals surface area contributed by atoms with E-state index in [-0.39, 0.29) is 11.8 Å². The molecule has 1 aliphatic heterocycles. The molecule has 3 aliphatic rings. The fraction of sp³-hybridized carbons (Fsp3) is 0.0789. The third kappa shape index (κ3) is 2.85. The lowest BCUT2D eigenvalue weighted by Crippen LogP contribution is -2.47. The van der Waals surface area contributed by atoms with E-state index in [4.69, 9.17) is 0 Å². The van der Waals surface area contributed by atoms with Crippen LogP contribution in [0.5, 0.6) is 0 Å². The Morgan fingerprint density at radius 2 is 1.05 bits per heavy atom. The van der Waals surface area contributed by atoms with E-state index in [2.05, 4.69) is 133 Å². The smallest absolute Gasteiger partial charge is 0.235 e. The lowest BCUT2D eigenvalue weighted by Gasteiger charge is -2.45. The van der Waals surface area contributed by atoms with Crippen LogP contribution in [0.4, 0.5) is 5.69 Å². The summed E-state index contributed by atoms with van der Waals surface area (Å²) >= 11 is 0. The maximum absolute atomic E-state index is 14.6. The molecule has 1 amide bonds. The normalized spacial score (nSPS) is 20.8. The third-order valence-electron chi connectivity index (χ3n) is 8.97. The van der Waals surface area contributed by atoms with Crippen molar-refractivity contribution in [2.75, 3.05) is 11.9 Å². The zero-order valence-corrected chi connectivity index (χ0v) is 22.2. The zero-order valence-electron chi connectivity index (χ0n) is 22.2. The predicted molar refractivity (Wildman–Crippen MR) is 164 cm³/mol. The molecule has 0 bridgehead atoms. The fourth-order valence-electron chi connectivity index (χ4n) is 7.53. The Hall–Kier alpha value is -4.95. The van der Waals surface area contributed by atoms with Gasteiger partial charge in [0, 0.05) is 12.7 Å². The van der Waals surface area contributed by atoms with E-state index in [1.54, 1.807) is 0 Å². The van der Waals surface area contributed by atoms with Crippen LogP contribution in [0, 0.1) is 0 Å². The first-order chi connectivity index (χ1) is 19.7. The third-order valence-corrected chi connectivity index (χ3v) is 8.97. The number of carbonyl (C=O) groups is 1. The summed E-state index contributed by atoms with van der Waals surface area (Å²) in [5, 5.41) is 0. The molecular formula is C38H27NO. The van der Waals surface area contributed by atoms with Gasteiger partial charge in [0.1, 0.15) is 0 Å². The largest absolute Gasteiger partial charge is 0.315 e. The second-order valence-electron chi connectivity index (χ2n) is 10.8. The van der Waals surface area contributed by atoms with Crippen molar-refractivity contribution in [1.82, 2.24) is 0 Å². The Kier molecular flexibility index (Phi) is 4.90. The number of nitrogens with zero attached hydrogens (tertiary/aromatic N) is 1. The van der Waals surface area contributed by atoms with Gasteiger partial charge in [-0.1, -0.05) is 133 Å². The van der Waals surface area contributed by atoms with Crippen LogP contribution in [0.25, 0.3) is 22.3 Å². The molecule has 0 aromatic heterocycles. The van der Waals surface area contributed by atoms with E-state index < -0.39 is 5.41 Å². The molecule has 190 valence electrons. The molecule has 5 aromatic rings. The van der Waals surface area contributed by atoms with E-state index in [9.17, 15) is 4.79 Å². The van der Waals surface area contributed by atoms with Crippen LogP contribution in [0.3, 0.4) is 0 Å². The second kappa shape index (κ2) is 8.53. The molecule has 0 saturated carbocycles. The highest BCUT2D eigenvalue weighted by molar-refractivity contribution is 6.35. The van der Waals surface area contributed by atoms with Crippen LogP contribution < -0.4 is 4.90 Å². The van der Waals surface area contributed by atoms with Crippen molar-refractivity contribution < 1.29 is 4.79 Å². The van der Waals surface area contributed by atoms with Crippen LogP contribution in [-0.2, 0) is 10.2 Å². The van der Waals surface area contributed by atoms with Gasteiger partial charge in [-0.05, 0) is 61.7 Å². The molecule has 2 unspecified atom stereocenters. The number of likely N-dealkylation sites (N-methyl/N-ethyl adjacent to an activating group) is 1. The fourth-order valence-corrected chi connectivity index (χ4v) is 7.53. The number of fused-ring (bicyclic) bond motifs is 4. The summed E-state index contributed by atoms with van der Waals surface area (Å²) in [6.07, 6.45) is 0. The van der Waals surface area contributed by atoms with Gasteiger partial charge in [-0.2, -0.15) is 0 Å². The maximum atomic E-state index is 14.6. The van der Waals surface area contributed by atoms with Gasteiger partial charge in [0.05, 0.1) is 11.3 Å². The minimum absolute atomic E-state index is 0.135. The Bertz CT molecular complexity index is 1830. The molecule has 2 atom stereocenters. The molecule has 1 spiro atoms. The molecule has 40 heavy (non-hydrogen) atoms. The highest BCUT2D eigenvalue weighted by Crippen LogP contribution is 2.73. The van der Waals surface area contributed by atoms with Gasteiger partial charge in [-0.3, -0.25) is 4.79 Å². The van der Waals surface area contributed by atoms with E-state index in [0.29, 0.717) is 0 Å². The van der Waals surface area contributed by atoms with Crippen LogP contribution in [-0.4, -0.2) is 13.0 Å². The number of benzene rings is 5. The van der Waals surface area contributed by atoms with Gasteiger partial charge in [-0.15, -0.1) is 0 Å². The van der Waals surface area contributed by atoms with E-state index in [0.717, 1.165) is 22.4 Å². The van der Waals surface area contributed by atoms with Gasteiger partial charge in [0.2, 0.25) is 5.91 Å². The van der Waals surface area contributed by atoms with Gasteiger partial charge >= 0.3 is 0 Å². The van der Waals surface area contributed by atoms with Crippen molar-refractivity contribution in [3.63, 3.8) is 0 Å². The SMILES string of the molecule is CN1C(=O)C2c3ccccc3C3=C(c4ccccc4)C(c4ccccc4)=C(c4ccccc4)C32c2ccccc21. The Labute approximate surface area is 234 Å². The van der Waals surface area contributed by atoms with Crippen molar-refractivity contribution in [3.05, 3.63) is 173 Å². The summed E-state index contributed by atoms with van der Waals surface area (Å²) in [5.41, 5.74) is 12.1. The zero-order chi connectivity index (χ0) is 26.8. The van der Waals surface area contributed by atoms with Crippen molar-refractivity contribution in [3.8, 4) is 0 Å². The molecule has 5 aromatic carbocycles. The van der Waals surface area contributed by atoms with Crippen molar-refractivity contribution in [2.24, 2.45) is 0 Å². The average Bonchev–Trinajstić information content (AvgIpc) is 3.50. The minimum Gasteiger partial charge on any atom is -0.315 e. The average molecular weight is 514 g/mol. The summed E-state index contributed by atoms with van der Waals surface area (Å²) in [7, 11) is 1.93. The molecule has 2 heteroatoms. The Morgan fingerprint density at radius 3 is 1.70 bits per heavy atom. The molecule has 8 rings (SSSR count).